The van der Waals surface area contributed by atoms with E-state index in [-0.39, 0.29) is 12.1 Å². The molecule has 0 saturated carbocycles. The summed E-state index contributed by atoms with van der Waals surface area (Å²) in [4.78, 5) is 11.5. The van der Waals surface area contributed by atoms with E-state index in [1.807, 2.05) is 13.0 Å². The van der Waals surface area contributed by atoms with Gasteiger partial charge in [-0.2, -0.15) is 0 Å². The topological polar surface area (TPSA) is 47.6 Å². The second-order valence-electron chi connectivity index (χ2n) is 4.30. The molecule has 1 aromatic carbocycles. The molecule has 0 amide bonds. The van der Waals surface area contributed by atoms with Crippen LogP contribution in [0.15, 0.2) is 18.2 Å². The first kappa shape index (κ1) is 13.2. The van der Waals surface area contributed by atoms with E-state index >= 15 is 0 Å². The molecule has 5 heteroatoms. The van der Waals surface area contributed by atoms with Crippen molar-refractivity contribution in [3.05, 3.63) is 28.8 Å². The molecule has 1 fully saturated rings. The smallest absolute Gasteiger partial charge is 0.339 e. The Hall–Kier alpha value is -1.26. The summed E-state index contributed by atoms with van der Waals surface area (Å²) < 4.78 is 10.2. The zero-order chi connectivity index (χ0) is 13.1. The van der Waals surface area contributed by atoms with E-state index in [9.17, 15) is 4.79 Å². The van der Waals surface area contributed by atoms with Gasteiger partial charge in [0.1, 0.15) is 0 Å². The molecule has 1 aliphatic rings. The molecule has 2 unspecified atom stereocenters. The van der Waals surface area contributed by atoms with Crippen LogP contribution < -0.4 is 5.32 Å². The number of nitrogens with one attached hydrogen (secondary N) is 1. The molecule has 4 nitrogen and oxygen atoms in total. The average molecular weight is 270 g/mol. The predicted octanol–water partition coefficient (Wildman–Crippen LogP) is 2.72. The Morgan fingerprint density at radius 1 is 1.56 bits per heavy atom. The number of hydrogen-bond acceptors (Lipinski definition) is 4. The van der Waals surface area contributed by atoms with Gasteiger partial charge in [-0.1, -0.05) is 11.6 Å². The molecule has 0 aliphatic carbocycles. The van der Waals surface area contributed by atoms with Crippen molar-refractivity contribution in [2.75, 3.05) is 19.0 Å². The molecule has 1 N–H and O–H groups in total. The van der Waals surface area contributed by atoms with Crippen LogP contribution in [-0.4, -0.2) is 31.8 Å². The third-order valence-corrected chi connectivity index (χ3v) is 3.43. The van der Waals surface area contributed by atoms with Crippen molar-refractivity contribution in [1.29, 1.82) is 0 Å². The van der Waals surface area contributed by atoms with Gasteiger partial charge in [0.15, 0.2) is 0 Å². The monoisotopic (exact) mass is 269 g/mol. The molecule has 0 bridgehead atoms. The molecule has 2 atom stereocenters. The lowest BCUT2D eigenvalue weighted by Crippen LogP contribution is -2.26. The van der Waals surface area contributed by atoms with Crippen molar-refractivity contribution in [2.24, 2.45) is 0 Å². The number of benzene rings is 1. The number of methoxy groups -OCH3 is 1. The Morgan fingerprint density at radius 3 is 2.94 bits per heavy atom. The molecule has 0 spiro atoms. The zero-order valence-electron chi connectivity index (χ0n) is 10.4. The number of ether oxygens (including phenoxy) is 2. The number of carbonyl (C=O) groups is 1. The fraction of sp³-hybridized carbons (Fsp3) is 0.462. The molecule has 98 valence electrons. The van der Waals surface area contributed by atoms with Crippen molar-refractivity contribution in [3.8, 4) is 0 Å². The van der Waals surface area contributed by atoms with Gasteiger partial charge in [0, 0.05) is 12.3 Å². The maximum atomic E-state index is 11.5. The van der Waals surface area contributed by atoms with E-state index in [4.69, 9.17) is 16.3 Å². The van der Waals surface area contributed by atoms with E-state index in [1.54, 1.807) is 12.1 Å². The van der Waals surface area contributed by atoms with Gasteiger partial charge in [-0.25, -0.2) is 4.79 Å². The first-order valence-electron chi connectivity index (χ1n) is 5.88. The standard InChI is InChI=1S/C13H16ClNO3/c1-8-12(5-6-18-8)15-9-3-4-11(14)10(7-9)13(16)17-2/h3-4,7-8,12,15H,5-6H2,1-2H3. The minimum atomic E-state index is -0.431. The Kier molecular flexibility index (Phi) is 4.09. The summed E-state index contributed by atoms with van der Waals surface area (Å²) in [6, 6.07) is 5.51. The zero-order valence-corrected chi connectivity index (χ0v) is 11.2. The highest BCUT2D eigenvalue weighted by Gasteiger charge is 2.24. The first-order chi connectivity index (χ1) is 8.61. The number of rotatable bonds is 3. The fourth-order valence-corrected chi connectivity index (χ4v) is 2.21. The largest absolute Gasteiger partial charge is 0.465 e. The lowest BCUT2D eigenvalue weighted by atomic mass is 10.1. The molecule has 1 aromatic rings. The van der Waals surface area contributed by atoms with Crippen molar-refractivity contribution in [2.45, 2.75) is 25.5 Å². The van der Waals surface area contributed by atoms with Gasteiger partial charge in [0.2, 0.25) is 0 Å². The summed E-state index contributed by atoms with van der Waals surface area (Å²) >= 11 is 5.96. The molecular formula is C13H16ClNO3. The van der Waals surface area contributed by atoms with Crippen LogP contribution in [0.4, 0.5) is 5.69 Å². The molecule has 1 heterocycles. The van der Waals surface area contributed by atoms with Gasteiger partial charge < -0.3 is 14.8 Å². The number of anilines is 1. The van der Waals surface area contributed by atoms with Crippen LogP contribution in [0.25, 0.3) is 0 Å². The van der Waals surface area contributed by atoms with Crippen LogP contribution in [0.3, 0.4) is 0 Å². The van der Waals surface area contributed by atoms with Crippen molar-refractivity contribution in [1.82, 2.24) is 0 Å². The van der Waals surface area contributed by atoms with Crippen LogP contribution in [0, 0.1) is 0 Å². The van der Waals surface area contributed by atoms with Crippen molar-refractivity contribution in [3.63, 3.8) is 0 Å². The molecular weight excluding hydrogens is 254 g/mol. The molecule has 1 saturated heterocycles. The van der Waals surface area contributed by atoms with Gasteiger partial charge in [-0.15, -0.1) is 0 Å². The molecule has 0 aromatic heterocycles. The second-order valence-corrected chi connectivity index (χ2v) is 4.71. The Balaban J connectivity index is 2.16. The van der Waals surface area contributed by atoms with E-state index in [1.165, 1.54) is 7.11 Å². The average Bonchev–Trinajstić information content (AvgIpc) is 2.76. The highest BCUT2D eigenvalue weighted by molar-refractivity contribution is 6.33. The number of halogens is 1. The van der Waals surface area contributed by atoms with E-state index in [0.717, 1.165) is 18.7 Å². The van der Waals surface area contributed by atoms with Crippen LogP contribution >= 0.6 is 11.6 Å². The van der Waals surface area contributed by atoms with Gasteiger partial charge >= 0.3 is 5.97 Å². The Bertz CT molecular complexity index is 450. The van der Waals surface area contributed by atoms with E-state index in [2.05, 4.69) is 10.1 Å². The first-order valence-corrected chi connectivity index (χ1v) is 6.25. The highest BCUT2D eigenvalue weighted by atomic mass is 35.5. The minimum absolute atomic E-state index is 0.169. The molecule has 2 rings (SSSR count). The third-order valence-electron chi connectivity index (χ3n) is 3.10. The van der Waals surface area contributed by atoms with Crippen molar-refractivity contribution < 1.29 is 14.3 Å². The van der Waals surface area contributed by atoms with Crippen LogP contribution in [0.1, 0.15) is 23.7 Å². The molecule has 1 aliphatic heterocycles. The van der Waals surface area contributed by atoms with E-state index < -0.39 is 5.97 Å². The Labute approximate surface area is 111 Å². The molecule has 0 radical (unpaired) electrons. The number of esters is 1. The van der Waals surface area contributed by atoms with E-state index in [0.29, 0.717) is 10.6 Å². The SMILES string of the molecule is COC(=O)c1cc(NC2CCOC2C)ccc1Cl. The van der Waals surface area contributed by atoms with Crippen LogP contribution in [0.2, 0.25) is 5.02 Å². The number of hydrogen-bond donors (Lipinski definition) is 1. The maximum absolute atomic E-state index is 11.5. The summed E-state index contributed by atoms with van der Waals surface area (Å²) in [6.45, 7) is 2.79. The third kappa shape index (κ3) is 2.76. The summed E-state index contributed by atoms with van der Waals surface area (Å²) in [7, 11) is 1.34. The van der Waals surface area contributed by atoms with Gasteiger partial charge in [-0.3, -0.25) is 0 Å². The van der Waals surface area contributed by atoms with Gasteiger partial charge in [-0.05, 0) is 31.5 Å². The molecule has 18 heavy (non-hydrogen) atoms. The highest BCUT2D eigenvalue weighted by Crippen LogP contribution is 2.24. The van der Waals surface area contributed by atoms with Crippen molar-refractivity contribution >= 4 is 23.3 Å². The fourth-order valence-electron chi connectivity index (χ4n) is 2.02. The summed E-state index contributed by atoms with van der Waals surface area (Å²) in [5.74, 6) is -0.431. The lowest BCUT2D eigenvalue weighted by Gasteiger charge is -2.18. The maximum Gasteiger partial charge on any atom is 0.339 e. The summed E-state index contributed by atoms with van der Waals surface area (Å²) in [5, 5.41) is 3.74. The lowest BCUT2D eigenvalue weighted by molar-refractivity contribution is 0.0601. The van der Waals surface area contributed by atoms with Crippen LogP contribution in [-0.2, 0) is 9.47 Å². The van der Waals surface area contributed by atoms with Crippen LogP contribution in [0.5, 0.6) is 0 Å². The predicted molar refractivity (Wildman–Crippen MR) is 70.2 cm³/mol. The quantitative estimate of drug-likeness (QED) is 0.857. The number of carbonyl (C=O) groups excluding carboxylic acids is 1. The van der Waals surface area contributed by atoms with Gasteiger partial charge in [0.05, 0.1) is 29.8 Å². The van der Waals surface area contributed by atoms with Gasteiger partial charge in [0.25, 0.3) is 0 Å². The summed E-state index contributed by atoms with van der Waals surface area (Å²) in [5.41, 5.74) is 1.22. The normalized spacial score (nSPS) is 22.8. The summed E-state index contributed by atoms with van der Waals surface area (Å²) in [6.07, 6.45) is 1.12. The minimum Gasteiger partial charge on any atom is -0.465 e. The Morgan fingerprint density at radius 2 is 2.33 bits per heavy atom. The second kappa shape index (κ2) is 5.59.